The van der Waals surface area contributed by atoms with Crippen LogP contribution in [0.4, 0.5) is 5.69 Å². The molecule has 0 fully saturated rings. The number of hydrogen-bond donors (Lipinski definition) is 3. The molecular formula is C21H24ClN3O3. The summed E-state index contributed by atoms with van der Waals surface area (Å²) < 4.78 is 0. The Bertz CT molecular complexity index is 868. The lowest BCUT2D eigenvalue weighted by atomic mass is 10.1. The third kappa shape index (κ3) is 7.04. The Labute approximate surface area is 169 Å². The van der Waals surface area contributed by atoms with Gasteiger partial charge in [0.05, 0.1) is 0 Å². The van der Waals surface area contributed by atoms with Crippen LogP contribution < -0.4 is 16.2 Å². The summed E-state index contributed by atoms with van der Waals surface area (Å²) >= 11 is 6.04. The van der Waals surface area contributed by atoms with Crippen LogP contribution in [0.2, 0.25) is 5.02 Å². The Hall–Kier alpha value is -2.86. The molecule has 0 aliphatic rings. The van der Waals surface area contributed by atoms with Crippen molar-refractivity contribution in [3.8, 4) is 0 Å². The number of halogens is 1. The number of rotatable bonds is 7. The van der Waals surface area contributed by atoms with Crippen LogP contribution in [0.1, 0.15) is 36.0 Å². The van der Waals surface area contributed by atoms with E-state index in [1.165, 1.54) is 0 Å². The second kappa shape index (κ2) is 10.5. The van der Waals surface area contributed by atoms with Gasteiger partial charge in [0.1, 0.15) is 0 Å². The van der Waals surface area contributed by atoms with E-state index in [-0.39, 0.29) is 31.1 Å². The third-order valence-corrected chi connectivity index (χ3v) is 4.54. The fourth-order valence-electron chi connectivity index (χ4n) is 2.52. The lowest BCUT2D eigenvalue weighted by Crippen LogP contribution is -2.41. The normalized spacial score (nSPS) is 10.2. The second-order valence-electron chi connectivity index (χ2n) is 6.55. The Balaban J connectivity index is 1.67. The molecule has 0 aliphatic heterocycles. The number of hydrazine groups is 1. The van der Waals surface area contributed by atoms with E-state index < -0.39 is 5.91 Å². The van der Waals surface area contributed by atoms with Crippen molar-refractivity contribution in [1.82, 2.24) is 10.9 Å². The van der Waals surface area contributed by atoms with Crippen molar-refractivity contribution >= 4 is 35.0 Å². The first kappa shape index (κ1) is 21.4. The molecule has 0 spiro atoms. The maximum atomic E-state index is 12.0. The van der Waals surface area contributed by atoms with E-state index in [1.807, 2.05) is 50.2 Å². The van der Waals surface area contributed by atoms with E-state index in [9.17, 15) is 14.4 Å². The zero-order valence-electron chi connectivity index (χ0n) is 16.0. The predicted octanol–water partition coefficient (Wildman–Crippen LogP) is 3.46. The van der Waals surface area contributed by atoms with Crippen molar-refractivity contribution in [2.75, 3.05) is 5.32 Å². The topological polar surface area (TPSA) is 87.3 Å². The van der Waals surface area contributed by atoms with Crippen LogP contribution >= 0.6 is 11.6 Å². The minimum absolute atomic E-state index is 0.0225. The number of aryl methyl sites for hydroxylation is 3. The van der Waals surface area contributed by atoms with Gasteiger partial charge in [0.15, 0.2) is 0 Å². The number of carbonyl (C=O) groups is 3. The molecule has 2 aromatic carbocycles. The first-order chi connectivity index (χ1) is 13.3. The van der Waals surface area contributed by atoms with Crippen LogP contribution in [0.15, 0.2) is 42.5 Å². The van der Waals surface area contributed by atoms with Gasteiger partial charge in [-0.05, 0) is 49.1 Å². The molecule has 0 saturated heterocycles. The maximum Gasteiger partial charge on any atom is 0.238 e. The quantitative estimate of drug-likeness (QED) is 0.621. The van der Waals surface area contributed by atoms with Crippen LogP contribution in [0, 0.1) is 13.8 Å². The van der Waals surface area contributed by atoms with Gasteiger partial charge in [-0.1, -0.05) is 41.9 Å². The summed E-state index contributed by atoms with van der Waals surface area (Å²) in [5.41, 5.74) is 8.27. The zero-order valence-corrected chi connectivity index (χ0v) is 16.7. The molecule has 0 radical (unpaired) electrons. The van der Waals surface area contributed by atoms with E-state index in [0.717, 1.165) is 22.4 Å². The number of benzene rings is 2. The van der Waals surface area contributed by atoms with Crippen LogP contribution in [0.5, 0.6) is 0 Å². The number of hydrogen-bond acceptors (Lipinski definition) is 3. The highest BCUT2D eigenvalue weighted by Crippen LogP contribution is 2.17. The molecule has 2 aromatic rings. The van der Waals surface area contributed by atoms with Gasteiger partial charge < -0.3 is 5.32 Å². The SMILES string of the molecule is Cc1ccc(C)c(NC(=O)CCC(=O)NNC(=O)CCc2ccccc2Cl)c1. The van der Waals surface area contributed by atoms with Crippen molar-refractivity contribution in [1.29, 1.82) is 0 Å². The highest BCUT2D eigenvalue weighted by atomic mass is 35.5. The zero-order chi connectivity index (χ0) is 20.5. The summed E-state index contributed by atoms with van der Waals surface area (Å²) in [6, 6.07) is 13.1. The van der Waals surface area contributed by atoms with Crippen molar-refractivity contribution in [2.24, 2.45) is 0 Å². The van der Waals surface area contributed by atoms with Crippen LogP contribution in [-0.4, -0.2) is 17.7 Å². The van der Waals surface area contributed by atoms with Gasteiger partial charge in [0, 0.05) is 30.0 Å². The highest BCUT2D eigenvalue weighted by molar-refractivity contribution is 6.31. The van der Waals surface area contributed by atoms with Gasteiger partial charge in [-0.3, -0.25) is 25.2 Å². The van der Waals surface area contributed by atoms with E-state index in [0.29, 0.717) is 11.4 Å². The lowest BCUT2D eigenvalue weighted by molar-refractivity contribution is -0.129. The first-order valence-corrected chi connectivity index (χ1v) is 9.41. The summed E-state index contributed by atoms with van der Waals surface area (Å²) in [7, 11) is 0. The van der Waals surface area contributed by atoms with Crippen molar-refractivity contribution in [3.63, 3.8) is 0 Å². The van der Waals surface area contributed by atoms with E-state index in [4.69, 9.17) is 11.6 Å². The summed E-state index contributed by atoms with van der Waals surface area (Å²) in [4.78, 5) is 35.7. The molecule has 0 heterocycles. The average molecular weight is 402 g/mol. The standard InChI is InChI=1S/C21H24ClN3O3/c1-14-7-8-15(2)18(13-14)23-19(26)11-12-21(28)25-24-20(27)10-9-16-5-3-4-6-17(16)22/h3-8,13H,9-12H2,1-2H3,(H,23,26)(H,24,27)(H,25,28). The minimum atomic E-state index is -0.429. The van der Waals surface area contributed by atoms with E-state index in [2.05, 4.69) is 16.2 Å². The molecule has 6 nitrogen and oxygen atoms in total. The number of amides is 3. The Kier molecular flexibility index (Phi) is 8.02. The van der Waals surface area contributed by atoms with Gasteiger partial charge in [-0.2, -0.15) is 0 Å². The third-order valence-electron chi connectivity index (χ3n) is 4.17. The van der Waals surface area contributed by atoms with Gasteiger partial charge in [0.25, 0.3) is 0 Å². The molecule has 28 heavy (non-hydrogen) atoms. The Morgan fingerprint density at radius 1 is 0.857 bits per heavy atom. The molecule has 7 heteroatoms. The highest BCUT2D eigenvalue weighted by Gasteiger charge is 2.10. The molecule has 148 valence electrons. The lowest BCUT2D eigenvalue weighted by Gasteiger charge is -2.10. The monoisotopic (exact) mass is 401 g/mol. The molecule has 2 rings (SSSR count). The Morgan fingerprint density at radius 2 is 1.50 bits per heavy atom. The molecule has 0 atom stereocenters. The predicted molar refractivity (Wildman–Crippen MR) is 110 cm³/mol. The average Bonchev–Trinajstić information content (AvgIpc) is 2.67. The van der Waals surface area contributed by atoms with E-state index >= 15 is 0 Å². The largest absolute Gasteiger partial charge is 0.326 e. The summed E-state index contributed by atoms with van der Waals surface area (Å²) in [6.45, 7) is 3.84. The van der Waals surface area contributed by atoms with Crippen LogP contribution in [-0.2, 0) is 20.8 Å². The minimum Gasteiger partial charge on any atom is -0.326 e. The first-order valence-electron chi connectivity index (χ1n) is 9.03. The summed E-state index contributed by atoms with van der Waals surface area (Å²) in [5.74, 6) is -1.01. The van der Waals surface area contributed by atoms with Gasteiger partial charge in [-0.25, -0.2) is 0 Å². The second-order valence-corrected chi connectivity index (χ2v) is 6.96. The molecule has 0 bridgehead atoms. The van der Waals surface area contributed by atoms with Crippen molar-refractivity contribution in [3.05, 3.63) is 64.2 Å². The molecule has 3 N–H and O–H groups in total. The van der Waals surface area contributed by atoms with Crippen molar-refractivity contribution < 1.29 is 14.4 Å². The number of nitrogens with one attached hydrogen (secondary N) is 3. The van der Waals surface area contributed by atoms with Crippen LogP contribution in [0.3, 0.4) is 0 Å². The summed E-state index contributed by atoms with van der Waals surface area (Å²) in [6.07, 6.45) is 0.660. The van der Waals surface area contributed by atoms with Gasteiger partial charge in [0.2, 0.25) is 17.7 Å². The summed E-state index contributed by atoms with van der Waals surface area (Å²) in [5, 5.41) is 3.40. The van der Waals surface area contributed by atoms with Gasteiger partial charge >= 0.3 is 0 Å². The fourth-order valence-corrected chi connectivity index (χ4v) is 2.75. The maximum absolute atomic E-state index is 12.0. The molecule has 0 unspecified atom stereocenters. The Morgan fingerprint density at radius 3 is 2.21 bits per heavy atom. The number of anilines is 1. The molecule has 3 amide bonds. The van der Waals surface area contributed by atoms with E-state index in [1.54, 1.807) is 6.07 Å². The molecule has 0 aromatic heterocycles. The number of carbonyl (C=O) groups excluding carboxylic acids is 3. The van der Waals surface area contributed by atoms with Crippen molar-refractivity contribution in [2.45, 2.75) is 39.5 Å². The smallest absolute Gasteiger partial charge is 0.238 e. The molecular weight excluding hydrogens is 378 g/mol. The van der Waals surface area contributed by atoms with Crippen LogP contribution in [0.25, 0.3) is 0 Å². The van der Waals surface area contributed by atoms with Gasteiger partial charge in [-0.15, -0.1) is 0 Å². The molecule has 0 saturated carbocycles. The molecule has 0 aliphatic carbocycles. The fraction of sp³-hybridized carbons (Fsp3) is 0.286.